The Morgan fingerprint density at radius 3 is 2.73 bits per heavy atom. The maximum atomic E-state index is 12.0. The Morgan fingerprint density at radius 1 is 1.23 bits per heavy atom. The van der Waals surface area contributed by atoms with Gasteiger partial charge in [-0.05, 0) is 43.2 Å². The summed E-state index contributed by atoms with van der Waals surface area (Å²) in [6.45, 7) is 4.11. The van der Waals surface area contributed by atoms with E-state index in [1.165, 1.54) is 34.6 Å². The largest absolute Gasteiger partial charge is 0.324 e. The molecule has 26 heavy (non-hydrogen) atoms. The van der Waals surface area contributed by atoms with E-state index >= 15 is 0 Å². The summed E-state index contributed by atoms with van der Waals surface area (Å²) in [6, 6.07) is 9.14. The van der Waals surface area contributed by atoms with Crippen molar-refractivity contribution in [1.29, 1.82) is 0 Å². The van der Waals surface area contributed by atoms with Crippen LogP contribution in [-0.4, -0.2) is 15.8 Å². The summed E-state index contributed by atoms with van der Waals surface area (Å²) < 4.78 is 0. The summed E-state index contributed by atoms with van der Waals surface area (Å²) in [5.41, 5.74) is 4.23. The van der Waals surface area contributed by atoms with E-state index in [1.807, 2.05) is 24.4 Å². The Labute approximate surface area is 158 Å². The molecule has 1 aromatic carbocycles. The number of hydrogen-bond donors (Lipinski definition) is 1. The summed E-state index contributed by atoms with van der Waals surface area (Å²) in [5.74, 6) is -0.331. The number of amides is 1. The molecular weight excluding hydrogens is 370 g/mol. The predicted molar refractivity (Wildman–Crippen MR) is 106 cm³/mol. The number of thiophene rings is 1. The first-order valence-corrected chi connectivity index (χ1v) is 9.38. The number of nitrogens with zero attached hydrogens (tertiary/aromatic N) is 2. The molecule has 0 saturated carbocycles. The van der Waals surface area contributed by atoms with Crippen molar-refractivity contribution in [3.8, 4) is 11.3 Å². The van der Waals surface area contributed by atoms with Gasteiger partial charge in [0.15, 0.2) is 5.13 Å². The van der Waals surface area contributed by atoms with E-state index in [0.29, 0.717) is 10.0 Å². The van der Waals surface area contributed by atoms with Gasteiger partial charge in [-0.1, -0.05) is 23.5 Å². The van der Waals surface area contributed by atoms with Crippen LogP contribution < -0.4 is 5.32 Å². The number of benzene rings is 1. The number of hydrogen-bond acceptors (Lipinski definition) is 6. The lowest BCUT2D eigenvalue weighted by Crippen LogP contribution is -2.07. The Balaban J connectivity index is 1.66. The molecule has 0 saturated heterocycles. The van der Waals surface area contributed by atoms with Crippen LogP contribution in [0.5, 0.6) is 0 Å². The van der Waals surface area contributed by atoms with Crippen LogP contribution in [-0.2, 0) is 4.79 Å². The summed E-state index contributed by atoms with van der Waals surface area (Å²) in [7, 11) is 0. The van der Waals surface area contributed by atoms with Gasteiger partial charge in [0.05, 0.1) is 10.6 Å². The molecule has 2 heterocycles. The fourth-order valence-corrected chi connectivity index (χ4v) is 3.65. The number of aromatic nitrogens is 1. The maximum absolute atomic E-state index is 12.0. The zero-order valence-electron chi connectivity index (χ0n) is 14.1. The number of aryl methyl sites for hydroxylation is 2. The van der Waals surface area contributed by atoms with E-state index < -0.39 is 4.92 Å². The van der Waals surface area contributed by atoms with Crippen molar-refractivity contribution in [2.24, 2.45) is 0 Å². The molecule has 2 aromatic heterocycles. The minimum absolute atomic E-state index is 0.0445. The van der Waals surface area contributed by atoms with Crippen LogP contribution in [0.3, 0.4) is 0 Å². The first kappa shape index (κ1) is 18.0. The van der Waals surface area contributed by atoms with Gasteiger partial charge in [0.25, 0.3) is 0 Å². The Hall–Kier alpha value is -2.84. The van der Waals surface area contributed by atoms with Gasteiger partial charge in [0, 0.05) is 28.0 Å². The molecule has 6 nitrogen and oxygen atoms in total. The van der Waals surface area contributed by atoms with Gasteiger partial charge < -0.3 is 0 Å². The average molecular weight is 385 g/mol. The zero-order valence-corrected chi connectivity index (χ0v) is 15.7. The van der Waals surface area contributed by atoms with Gasteiger partial charge in [0.1, 0.15) is 0 Å². The third-order valence-electron chi connectivity index (χ3n) is 3.73. The molecule has 0 aliphatic heterocycles. The number of carbonyl (C=O) groups is 1. The van der Waals surface area contributed by atoms with Gasteiger partial charge in [-0.25, -0.2) is 4.98 Å². The molecule has 132 valence electrons. The van der Waals surface area contributed by atoms with Crippen LogP contribution in [0.1, 0.15) is 16.0 Å². The van der Waals surface area contributed by atoms with E-state index in [4.69, 9.17) is 0 Å². The molecule has 0 bridgehead atoms. The minimum Gasteiger partial charge on any atom is -0.298 e. The summed E-state index contributed by atoms with van der Waals surface area (Å²) in [6.07, 6.45) is 2.89. The smallest absolute Gasteiger partial charge is 0.298 e. The molecule has 1 N–H and O–H groups in total. The standard InChI is InChI=1S/C18H15N3O3S2/c1-11-3-4-13(9-12(11)2)15-10-25-18(19-15)20-16(22)7-5-14-6-8-17(26-14)21(23)24/h3-10H,1-2H3,(H,19,20,22)/b7-5+. The Bertz CT molecular complexity index is 1000. The lowest BCUT2D eigenvalue weighted by Gasteiger charge is -2.02. The molecule has 1 amide bonds. The number of thiazole rings is 1. The normalized spacial score (nSPS) is 11.0. The van der Waals surface area contributed by atoms with Crippen LogP contribution in [0.2, 0.25) is 0 Å². The third kappa shape index (κ3) is 4.22. The molecule has 3 rings (SSSR count). The molecule has 0 fully saturated rings. The fourth-order valence-electron chi connectivity index (χ4n) is 2.20. The highest BCUT2D eigenvalue weighted by molar-refractivity contribution is 7.16. The van der Waals surface area contributed by atoms with E-state index in [2.05, 4.69) is 23.3 Å². The van der Waals surface area contributed by atoms with E-state index in [1.54, 1.807) is 12.1 Å². The number of carbonyl (C=O) groups excluding carboxylic acids is 1. The second-order valence-electron chi connectivity index (χ2n) is 5.59. The highest BCUT2D eigenvalue weighted by atomic mass is 32.1. The highest BCUT2D eigenvalue weighted by Crippen LogP contribution is 2.27. The van der Waals surface area contributed by atoms with E-state index in [-0.39, 0.29) is 10.9 Å². The Kier molecular flexibility index (Phi) is 5.24. The first-order valence-electron chi connectivity index (χ1n) is 7.69. The van der Waals surface area contributed by atoms with Crippen molar-refractivity contribution < 1.29 is 9.72 Å². The average Bonchev–Trinajstić information content (AvgIpc) is 3.25. The lowest BCUT2D eigenvalue weighted by atomic mass is 10.1. The van der Waals surface area contributed by atoms with Gasteiger partial charge in [-0.3, -0.25) is 20.2 Å². The lowest BCUT2D eigenvalue weighted by molar-refractivity contribution is -0.380. The van der Waals surface area contributed by atoms with Crippen LogP contribution >= 0.6 is 22.7 Å². The maximum Gasteiger partial charge on any atom is 0.324 e. The van der Waals surface area contributed by atoms with Crippen LogP contribution in [0.15, 0.2) is 41.8 Å². The number of anilines is 1. The summed E-state index contributed by atoms with van der Waals surface area (Å²) in [4.78, 5) is 27.3. The number of nitrogens with one attached hydrogen (secondary N) is 1. The molecule has 8 heteroatoms. The van der Waals surface area contributed by atoms with Crippen LogP contribution in [0, 0.1) is 24.0 Å². The predicted octanol–water partition coefficient (Wildman–Crippen LogP) is 5.05. The van der Waals surface area contributed by atoms with Gasteiger partial charge in [-0.2, -0.15) is 0 Å². The number of rotatable bonds is 5. The quantitative estimate of drug-likeness (QED) is 0.378. The van der Waals surface area contributed by atoms with Crippen molar-refractivity contribution in [1.82, 2.24) is 4.98 Å². The first-order chi connectivity index (χ1) is 12.4. The summed E-state index contributed by atoms with van der Waals surface area (Å²) >= 11 is 2.36. The van der Waals surface area contributed by atoms with Crippen LogP contribution in [0.25, 0.3) is 17.3 Å². The zero-order chi connectivity index (χ0) is 18.7. The van der Waals surface area contributed by atoms with Gasteiger partial charge >= 0.3 is 5.00 Å². The van der Waals surface area contributed by atoms with Crippen molar-refractivity contribution in [2.45, 2.75) is 13.8 Å². The topological polar surface area (TPSA) is 85.1 Å². The van der Waals surface area contributed by atoms with Crippen LogP contribution in [0.4, 0.5) is 10.1 Å². The fraction of sp³-hybridized carbons (Fsp3) is 0.111. The van der Waals surface area contributed by atoms with Crippen molar-refractivity contribution >= 4 is 44.8 Å². The third-order valence-corrected chi connectivity index (χ3v) is 5.49. The molecule has 0 aliphatic rings. The van der Waals surface area contributed by atoms with Crippen molar-refractivity contribution in [3.63, 3.8) is 0 Å². The highest BCUT2D eigenvalue weighted by Gasteiger charge is 2.09. The monoisotopic (exact) mass is 385 g/mol. The van der Waals surface area contributed by atoms with E-state index in [0.717, 1.165) is 22.6 Å². The number of nitro groups is 1. The summed E-state index contributed by atoms with van der Waals surface area (Å²) in [5, 5.41) is 15.8. The molecule has 0 radical (unpaired) electrons. The second-order valence-corrected chi connectivity index (χ2v) is 7.54. The minimum atomic E-state index is -0.452. The second kappa shape index (κ2) is 7.59. The van der Waals surface area contributed by atoms with Gasteiger partial charge in [-0.15, -0.1) is 11.3 Å². The molecule has 0 spiro atoms. The molecule has 0 unspecified atom stereocenters. The molecule has 0 atom stereocenters. The Morgan fingerprint density at radius 2 is 2.04 bits per heavy atom. The molecule has 0 aliphatic carbocycles. The van der Waals surface area contributed by atoms with Crippen molar-refractivity contribution in [2.75, 3.05) is 5.32 Å². The molecule has 3 aromatic rings. The van der Waals surface area contributed by atoms with Crippen molar-refractivity contribution in [3.05, 3.63) is 67.9 Å². The SMILES string of the molecule is Cc1ccc(-c2csc(NC(=O)/C=C/c3ccc([N+](=O)[O-])s3)n2)cc1C. The molecular formula is C18H15N3O3S2. The van der Waals surface area contributed by atoms with Gasteiger partial charge in [0.2, 0.25) is 5.91 Å². The van der Waals surface area contributed by atoms with E-state index in [9.17, 15) is 14.9 Å².